The maximum Gasteiger partial charge on any atom is 0.234 e. The molecule has 1 aromatic carbocycles. The van der Waals surface area contributed by atoms with Crippen molar-refractivity contribution >= 4 is 28.4 Å². The van der Waals surface area contributed by atoms with Crippen molar-refractivity contribution in [3.8, 4) is 11.4 Å². The number of carbonyl (C=O) groups is 1. The molecule has 32 heavy (non-hydrogen) atoms. The lowest BCUT2D eigenvalue weighted by atomic mass is 9.98. The zero-order valence-corrected chi connectivity index (χ0v) is 19.1. The van der Waals surface area contributed by atoms with E-state index >= 15 is 0 Å². The molecular formula is C23H27ClN6O2. The first kappa shape index (κ1) is 23.7. The number of primary amides is 1. The summed E-state index contributed by atoms with van der Waals surface area (Å²) in [7, 11) is 1.89. The van der Waals surface area contributed by atoms with Gasteiger partial charge in [-0.05, 0) is 49.6 Å². The number of aliphatic hydroxyl groups is 1. The van der Waals surface area contributed by atoms with Gasteiger partial charge in [0.2, 0.25) is 12.5 Å². The summed E-state index contributed by atoms with van der Waals surface area (Å²) in [6.45, 7) is 11.0. The monoisotopic (exact) mass is 454 g/mol. The lowest BCUT2D eigenvalue weighted by Gasteiger charge is -2.24. The van der Waals surface area contributed by atoms with Crippen LogP contribution in [-0.2, 0) is 24.8 Å². The molecule has 0 unspecified atom stereocenters. The van der Waals surface area contributed by atoms with E-state index in [1.165, 1.54) is 0 Å². The van der Waals surface area contributed by atoms with Crippen LogP contribution in [0.4, 0.5) is 0 Å². The number of benzene rings is 1. The summed E-state index contributed by atoms with van der Waals surface area (Å²) in [4.78, 5) is 24.3. The van der Waals surface area contributed by atoms with E-state index < -0.39 is 17.6 Å². The molecule has 1 atom stereocenters. The Bertz CT molecular complexity index is 1180. The second kappa shape index (κ2) is 9.65. The number of carbonyl (C=O) groups excluding carboxylic acids is 1. The molecule has 8 nitrogen and oxygen atoms in total. The van der Waals surface area contributed by atoms with Gasteiger partial charge >= 0.3 is 0 Å². The lowest BCUT2D eigenvalue weighted by molar-refractivity contribution is -0.121. The predicted molar refractivity (Wildman–Crippen MR) is 125 cm³/mol. The molecule has 0 spiro atoms. The highest BCUT2D eigenvalue weighted by Gasteiger charge is 2.24. The number of amides is 1. The van der Waals surface area contributed by atoms with Gasteiger partial charge < -0.3 is 25.6 Å². The van der Waals surface area contributed by atoms with Crippen molar-refractivity contribution in [3.63, 3.8) is 0 Å². The molecule has 0 saturated heterocycles. The van der Waals surface area contributed by atoms with Crippen molar-refractivity contribution in [1.29, 1.82) is 0 Å². The number of hydrogen-bond donors (Lipinski definition) is 3. The quantitative estimate of drug-likeness (QED) is 0.430. The topological polar surface area (TPSA) is 110 Å². The molecule has 168 valence electrons. The number of halogens is 1. The Morgan fingerprint density at radius 3 is 2.72 bits per heavy atom. The first-order chi connectivity index (χ1) is 15.1. The molecule has 0 bridgehead atoms. The molecule has 0 aliphatic carbocycles. The Labute approximate surface area is 192 Å². The first-order valence-electron chi connectivity index (χ1n) is 10.3. The molecule has 0 aliphatic heterocycles. The molecule has 0 saturated carbocycles. The van der Waals surface area contributed by atoms with E-state index in [9.17, 15) is 9.90 Å². The Balaban J connectivity index is 2.07. The summed E-state index contributed by atoms with van der Waals surface area (Å²) >= 11 is 6.48. The van der Waals surface area contributed by atoms with Crippen molar-refractivity contribution in [2.24, 2.45) is 12.8 Å². The third-order valence-corrected chi connectivity index (χ3v) is 5.57. The summed E-state index contributed by atoms with van der Waals surface area (Å²) in [6.07, 6.45) is 4.16. The van der Waals surface area contributed by atoms with Crippen LogP contribution < -0.4 is 11.1 Å². The summed E-state index contributed by atoms with van der Waals surface area (Å²) in [5, 5.41) is 14.8. The average molecular weight is 455 g/mol. The van der Waals surface area contributed by atoms with E-state index in [2.05, 4.69) is 15.1 Å². The minimum Gasteiger partial charge on any atom is -0.390 e. The Morgan fingerprint density at radius 2 is 2.12 bits per heavy atom. The van der Waals surface area contributed by atoms with Crippen LogP contribution in [0.3, 0.4) is 0 Å². The van der Waals surface area contributed by atoms with Gasteiger partial charge in [-0.1, -0.05) is 11.6 Å². The van der Waals surface area contributed by atoms with Gasteiger partial charge in [-0.15, -0.1) is 0 Å². The smallest absolute Gasteiger partial charge is 0.234 e. The van der Waals surface area contributed by atoms with Gasteiger partial charge in [-0.25, -0.2) is 16.5 Å². The van der Waals surface area contributed by atoms with E-state index in [0.717, 1.165) is 27.9 Å². The van der Waals surface area contributed by atoms with E-state index in [-0.39, 0.29) is 6.42 Å². The molecule has 2 heterocycles. The van der Waals surface area contributed by atoms with Crippen LogP contribution in [0.5, 0.6) is 0 Å². The Kier molecular flexibility index (Phi) is 7.14. The van der Waals surface area contributed by atoms with Gasteiger partial charge in [-0.3, -0.25) is 4.79 Å². The SMILES string of the molecule is [C-]#[N+]CCc1cc2c(CN[C@@H](CC(C)(C)O)C(N)=O)cc(-c3cncn3C)nc2cc1Cl. The zero-order chi connectivity index (χ0) is 23.5. The highest BCUT2D eigenvalue weighted by molar-refractivity contribution is 6.32. The van der Waals surface area contributed by atoms with E-state index in [1.807, 2.05) is 29.8 Å². The van der Waals surface area contributed by atoms with Crippen molar-refractivity contribution < 1.29 is 9.90 Å². The summed E-state index contributed by atoms with van der Waals surface area (Å²) < 4.78 is 1.87. The molecule has 3 rings (SSSR count). The maximum absolute atomic E-state index is 12.0. The largest absolute Gasteiger partial charge is 0.390 e. The molecule has 9 heteroatoms. The number of nitrogens with zero attached hydrogens (tertiary/aromatic N) is 4. The zero-order valence-electron chi connectivity index (χ0n) is 18.4. The van der Waals surface area contributed by atoms with Gasteiger partial charge in [0.15, 0.2) is 0 Å². The lowest BCUT2D eigenvalue weighted by Crippen LogP contribution is -2.45. The van der Waals surface area contributed by atoms with Crippen molar-refractivity contribution in [2.75, 3.05) is 6.54 Å². The maximum atomic E-state index is 12.0. The highest BCUT2D eigenvalue weighted by Crippen LogP contribution is 2.29. The second-order valence-electron chi connectivity index (χ2n) is 8.50. The third kappa shape index (κ3) is 5.62. The predicted octanol–water partition coefficient (Wildman–Crippen LogP) is 2.85. The van der Waals surface area contributed by atoms with Crippen LogP contribution in [0.25, 0.3) is 27.1 Å². The standard InChI is InChI=1S/C23H27ClN6O2/c1-23(2,32)10-20(22(25)31)28-11-15-8-19(21-12-27-13-30(21)4)29-18-9-17(24)14(5-6-26-3)7-16(15)18/h7-9,12-13,20,28,32H,5-6,10-11H2,1-2,4H3,(H2,25,31)/t20-/m0/s1. The number of rotatable bonds is 9. The number of aryl methyl sites for hydroxylation is 1. The summed E-state index contributed by atoms with van der Waals surface area (Å²) in [6, 6.07) is 5.00. The minimum atomic E-state index is -1.05. The number of fused-ring (bicyclic) bond motifs is 1. The highest BCUT2D eigenvalue weighted by atomic mass is 35.5. The van der Waals surface area contributed by atoms with Crippen LogP contribution in [0, 0.1) is 6.57 Å². The van der Waals surface area contributed by atoms with E-state index in [0.29, 0.717) is 30.0 Å². The second-order valence-corrected chi connectivity index (χ2v) is 8.91. The molecule has 3 aromatic rings. The van der Waals surface area contributed by atoms with Crippen molar-refractivity contribution in [1.82, 2.24) is 19.9 Å². The number of nitrogens with one attached hydrogen (secondary N) is 1. The molecule has 1 amide bonds. The van der Waals surface area contributed by atoms with Crippen LogP contribution >= 0.6 is 11.6 Å². The average Bonchev–Trinajstić information content (AvgIpc) is 3.14. The van der Waals surface area contributed by atoms with Gasteiger partial charge in [0.25, 0.3) is 0 Å². The van der Waals surface area contributed by atoms with E-state index in [4.69, 9.17) is 28.9 Å². The van der Waals surface area contributed by atoms with Gasteiger partial charge in [-0.2, -0.15) is 0 Å². The molecule has 0 aliphatic rings. The van der Waals surface area contributed by atoms with Crippen LogP contribution in [0.1, 0.15) is 31.4 Å². The summed E-state index contributed by atoms with van der Waals surface area (Å²) in [5.41, 5.74) is 8.54. The van der Waals surface area contributed by atoms with Gasteiger partial charge in [0.05, 0.1) is 41.1 Å². The van der Waals surface area contributed by atoms with Crippen molar-refractivity contribution in [3.05, 3.63) is 58.3 Å². The number of nitrogens with two attached hydrogens (primary N) is 1. The number of imidazole rings is 1. The number of pyridine rings is 1. The normalized spacial score (nSPS) is 12.6. The first-order valence-corrected chi connectivity index (χ1v) is 10.6. The fraction of sp³-hybridized carbons (Fsp3) is 0.391. The van der Waals surface area contributed by atoms with Crippen LogP contribution in [-0.4, -0.2) is 43.7 Å². The van der Waals surface area contributed by atoms with Crippen molar-refractivity contribution in [2.45, 2.75) is 44.9 Å². The van der Waals surface area contributed by atoms with E-state index in [1.54, 1.807) is 26.4 Å². The van der Waals surface area contributed by atoms with Gasteiger partial charge in [0, 0.05) is 30.4 Å². The minimum absolute atomic E-state index is 0.183. The fourth-order valence-electron chi connectivity index (χ4n) is 3.62. The fourth-order valence-corrected chi connectivity index (χ4v) is 3.87. The summed E-state index contributed by atoms with van der Waals surface area (Å²) in [5.74, 6) is -0.530. The Hall–Kier alpha value is -2.99. The molecule has 0 fully saturated rings. The number of aromatic nitrogens is 3. The third-order valence-electron chi connectivity index (χ3n) is 5.22. The Morgan fingerprint density at radius 1 is 1.38 bits per heavy atom. The molecule has 4 N–H and O–H groups in total. The number of hydrogen-bond acceptors (Lipinski definition) is 5. The molecule has 2 aromatic heterocycles. The van der Waals surface area contributed by atoms with Gasteiger partial charge in [0.1, 0.15) is 0 Å². The molecular weight excluding hydrogens is 428 g/mol. The molecule has 0 radical (unpaired) electrons. The van der Waals surface area contributed by atoms with Crippen LogP contribution in [0.15, 0.2) is 30.7 Å². The van der Waals surface area contributed by atoms with Crippen LogP contribution in [0.2, 0.25) is 5.02 Å².